The number of aromatic nitrogens is 6. The monoisotopic (exact) mass is 1140 g/mol. The number of hydrogen-bond donors (Lipinski definition) is 0. The van der Waals surface area contributed by atoms with Gasteiger partial charge < -0.3 is 14.4 Å². The van der Waals surface area contributed by atoms with Crippen LogP contribution in [0.4, 0.5) is 34.1 Å². The molecule has 0 unspecified atom stereocenters. The van der Waals surface area contributed by atoms with E-state index in [0.717, 1.165) is 101 Å². The summed E-state index contributed by atoms with van der Waals surface area (Å²) in [5.41, 5.74) is 23.9. The minimum atomic E-state index is -0.0418. The number of para-hydroxylation sites is 5. The minimum Gasteiger partial charge on any atom is -0.311 e. The molecule has 0 spiro atoms. The van der Waals surface area contributed by atoms with Gasteiger partial charge in [-0.05, 0) is 120 Å². The van der Waals surface area contributed by atoms with Crippen molar-refractivity contribution in [3.63, 3.8) is 0 Å². The second kappa shape index (κ2) is 21.3. The first kappa shape index (κ1) is 51.6. The van der Waals surface area contributed by atoms with E-state index in [0.29, 0.717) is 23.3 Å². The van der Waals surface area contributed by atoms with Gasteiger partial charge >= 0.3 is 0 Å². The summed E-state index contributed by atoms with van der Waals surface area (Å²) in [5.74, 6) is 2.32. The first-order valence-electron chi connectivity index (χ1n) is 30.2. The Kier molecular flexibility index (Phi) is 12.4. The fourth-order valence-corrected chi connectivity index (χ4v) is 13.5. The molecule has 9 heteroatoms. The van der Waals surface area contributed by atoms with Gasteiger partial charge in [-0.1, -0.05) is 218 Å². The van der Waals surface area contributed by atoms with E-state index in [1.54, 1.807) is 0 Å². The number of aryl methyl sites for hydroxylation is 1. The predicted octanol–water partition coefficient (Wildman–Crippen LogP) is 17.8. The topological polar surface area (TPSA) is 75.9 Å². The van der Waals surface area contributed by atoms with Crippen molar-refractivity contribution in [1.82, 2.24) is 29.5 Å². The molecule has 0 fully saturated rings. The molecule has 2 aliphatic rings. The lowest BCUT2D eigenvalue weighted by molar-refractivity contribution is 1.07. The summed E-state index contributed by atoms with van der Waals surface area (Å²) >= 11 is 0. The molecule has 0 amide bonds. The van der Waals surface area contributed by atoms with Gasteiger partial charge in [0.05, 0.1) is 33.8 Å². The Labute approximate surface area is 516 Å². The highest BCUT2D eigenvalue weighted by Crippen LogP contribution is 2.48. The molecule has 12 aromatic carbocycles. The van der Waals surface area contributed by atoms with Gasteiger partial charge in [0, 0.05) is 78.2 Å². The van der Waals surface area contributed by atoms with E-state index in [9.17, 15) is 0 Å². The fraction of sp³-hybridized carbons (Fsp3) is 0.0125. The van der Waals surface area contributed by atoms with E-state index < -0.39 is 0 Å². The largest absolute Gasteiger partial charge is 0.311 e. The number of nitrogens with zero attached hydrogens (tertiary/aromatic N) is 8. The SMILES string of the molecule is Cc1ccc2c(c1)c1ccccc1n2-c1ccc(-c2nc(-c3ccccc3)nc(-c3ccccc3)n2)cc1-c1cc(-c2ccccc2)nc(-c2cccc(-c3ccc4c5c3N(c3ccccc3)c3ccccc3B5c3ccccc3N4c3ccccc3)c2)n1. The highest BCUT2D eigenvalue weighted by Gasteiger charge is 2.44. The summed E-state index contributed by atoms with van der Waals surface area (Å²) in [6.45, 7) is 2.12. The summed E-state index contributed by atoms with van der Waals surface area (Å²) in [6, 6.07) is 108. The van der Waals surface area contributed by atoms with Crippen LogP contribution in [-0.2, 0) is 0 Å². The Morgan fingerprint density at radius 1 is 0.292 bits per heavy atom. The Hall–Kier alpha value is -11.8. The van der Waals surface area contributed by atoms with Crippen LogP contribution in [0, 0.1) is 6.92 Å². The molecule has 17 rings (SSSR count). The smallest absolute Gasteiger partial charge is 0.252 e. The third-order valence-corrected chi connectivity index (χ3v) is 17.5. The molecule has 89 heavy (non-hydrogen) atoms. The van der Waals surface area contributed by atoms with Crippen molar-refractivity contribution in [2.45, 2.75) is 6.92 Å². The molecule has 0 radical (unpaired) electrons. The van der Waals surface area contributed by atoms with Gasteiger partial charge in [-0.25, -0.2) is 24.9 Å². The Balaban J connectivity index is 0.901. The molecule has 416 valence electrons. The van der Waals surface area contributed by atoms with Crippen molar-refractivity contribution >= 4 is 79.0 Å². The first-order chi connectivity index (χ1) is 44.1. The molecular formula is C80H53BN8. The zero-order chi connectivity index (χ0) is 58.9. The molecule has 0 saturated carbocycles. The highest BCUT2D eigenvalue weighted by atomic mass is 15.2. The van der Waals surface area contributed by atoms with Crippen molar-refractivity contribution in [3.8, 4) is 84.9 Å². The average Bonchev–Trinajstić information content (AvgIpc) is 1.25. The summed E-state index contributed by atoms with van der Waals surface area (Å²) in [5, 5.41) is 2.35. The number of hydrogen-bond acceptors (Lipinski definition) is 7. The Morgan fingerprint density at radius 3 is 1.46 bits per heavy atom. The van der Waals surface area contributed by atoms with Crippen molar-refractivity contribution < 1.29 is 0 Å². The van der Waals surface area contributed by atoms with Gasteiger partial charge in [0.1, 0.15) is 0 Å². The van der Waals surface area contributed by atoms with Crippen molar-refractivity contribution in [1.29, 1.82) is 0 Å². The van der Waals surface area contributed by atoms with Crippen LogP contribution < -0.4 is 26.2 Å². The van der Waals surface area contributed by atoms with Crippen LogP contribution >= 0.6 is 0 Å². The highest BCUT2D eigenvalue weighted by molar-refractivity contribution is 7.00. The third kappa shape index (κ3) is 8.81. The summed E-state index contributed by atoms with van der Waals surface area (Å²) < 4.78 is 2.38. The zero-order valence-electron chi connectivity index (χ0n) is 48.5. The second-order valence-corrected chi connectivity index (χ2v) is 22.8. The first-order valence-corrected chi connectivity index (χ1v) is 30.2. The van der Waals surface area contributed by atoms with Crippen molar-refractivity contribution in [2.24, 2.45) is 0 Å². The molecule has 8 nitrogen and oxygen atoms in total. The fourth-order valence-electron chi connectivity index (χ4n) is 13.5. The number of benzene rings is 12. The van der Waals surface area contributed by atoms with Crippen LogP contribution in [0.3, 0.4) is 0 Å². The Bertz CT molecular complexity index is 5160. The summed E-state index contributed by atoms with van der Waals surface area (Å²) in [6.07, 6.45) is 0. The van der Waals surface area contributed by atoms with E-state index in [4.69, 9.17) is 24.9 Å². The molecule has 0 bridgehead atoms. The molecule has 0 aliphatic carbocycles. The quantitative estimate of drug-likeness (QED) is 0.126. The second-order valence-electron chi connectivity index (χ2n) is 22.8. The molecule has 5 heterocycles. The molecular weight excluding hydrogens is 1080 g/mol. The predicted molar refractivity (Wildman–Crippen MR) is 367 cm³/mol. The van der Waals surface area contributed by atoms with Gasteiger partial charge in [-0.15, -0.1) is 0 Å². The molecule has 0 atom stereocenters. The van der Waals surface area contributed by atoms with Gasteiger partial charge in [0.15, 0.2) is 23.3 Å². The Morgan fingerprint density at radius 2 is 0.787 bits per heavy atom. The van der Waals surface area contributed by atoms with Crippen LogP contribution in [0.15, 0.2) is 303 Å². The van der Waals surface area contributed by atoms with Gasteiger partial charge in [-0.2, -0.15) is 0 Å². The molecule has 0 N–H and O–H groups in total. The van der Waals surface area contributed by atoms with E-state index >= 15 is 0 Å². The normalized spacial score (nSPS) is 12.3. The summed E-state index contributed by atoms with van der Waals surface area (Å²) in [7, 11) is 0. The van der Waals surface area contributed by atoms with Crippen LogP contribution in [0.1, 0.15) is 5.56 Å². The van der Waals surface area contributed by atoms with Crippen molar-refractivity contribution in [3.05, 3.63) is 309 Å². The minimum absolute atomic E-state index is 0.0418. The van der Waals surface area contributed by atoms with E-state index in [1.807, 2.05) is 66.7 Å². The standard InChI is InChI=1S/C80H53BN8/c1-52-42-45-70-63(48-52)62-36-17-20-39-69(62)89(70)71-46-43-58(80-85-77(54-26-9-3-10-27-54)84-78(86-80)55-28-11-4-12-29-55)50-64(71)68-51-67(53-24-7-2-8-25-53)82-79(83-68)57-31-23-30-56(49-57)61-44-47-74-75-76(61)88(60-34-15-6-16-35-60)73-41-22-19-38-66(73)81(75)65-37-18-21-40-72(65)87(74)59-32-13-5-14-33-59/h2-51H,1H3. The maximum atomic E-state index is 5.75. The number of fused-ring (bicyclic) bond motifs is 7. The van der Waals surface area contributed by atoms with Crippen LogP contribution in [0.2, 0.25) is 0 Å². The van der Waals surface area contributed by atoms with Gasteiger partial charge in [0.25, 0.3) is 6.71 Å². The molecule has 2 aliphatic heterocycles. The molecule has 15 aromatic rings. The lowest BCUT2D eigenvalue weighted by Crippen LogP contribution is -2.61. The molecule has 3 aromatic heterocycles. The number of rotatable bonds is 10. The van der Waals surface area contributed by atoms with E-state index in [2.05, 4.69) is 258 Å². The average molecular weight is 1140 g/mol. The van der Waals surface area contributed by atoms with Crippen LogP contribution in [0.25, 0.3) is 107 Å². The molecule has 0 saturated heterocycles. The van der Waals surface area contributed by atoms with Crippen LogP contribution in [0.5, 0.6) is 0 Å². The number of anilines is 6. The zero-order valence-corrected chi connectivity index (χ0v) is 48.5. The van der Waals surface area contributed by atoms with Crippen molar-refractivity contribution in [2.75, 3.05) is 9.80 Å². The summed E-state index contributed by atoms with van der Waals surface area (Å²) in [4.78, 5) is 31.8. The van der Waals surface area contributed by atoms with E-state index in [1.165, 1.54) is 38.4 Å². The van der Waals surface area contributed by atoms with Crippen LogP contribution in [-0.4, -0.2) is 36.2 Å². The maximum absolute atomic E-state index is 5.75. The van der Waals surface area contributed by atoms with Gasteiger partial charge in [-0.3, -0.25) is 0 Å². The van der Waals surface area contributed by atoms with E-state index in [-0.39, 0.29) is 6.71 Å². The maximum Gasteiger partial charge on any atom is 0.252 e. The van der Waals surface area contributed by atoms with Gasteiger partial charge in [0.2, 0.25) is 0 Å². The lowest BCUT2D eigenvalue weighted by atomic mass is 9.33. The third-order valence-electron chi connectivity index (χ3n) is 17.5. The lowest BCUT2D eigenvalue weighted by Gasteiger charge is -2.45.